The zero-order chi connectivity index (χ0) is 12.4. The first-order chi connectivity index (χ1) is 8.10. The molecule has 0 saturated carbocycles. The Morgan fingerprint density at radius 3 is 2.76 bits per heavy atom. The fourth-order valence-corrected chi connectivity index (χ4v) is 2.79. The number of thiazole rings is 1. The van der Waals surface area contributed by atoms with E-state index in [2.05, 4.69) is 20.9 Å². The molecule has 2 aromatic rings. The van der Waals surface area contributed by atoms with Crippen LogP contribution in [0.25, 0.3) is 0 Å². The lowest BCUT2D eigenvalue weighted by Crippen LogP contribution is -1.83. The molecular weight excluding hydrogens is 349 g/mol. The topological polar surface area (TPSA) is 42.4 Å². The van der Waals surface area contributed by atoms with Crippen LogP contribution in [0, 0.1) is 0 Å². The number of hydrogen-bond acceptors (Lipinski definition) is 4. The van der Waals surface area contributed by atoms with Gasteiger partial charge in [0, 0.05) is 4.47 Å². The summed E-state index contributed by atoms with van der Waals surface area (Å²) < 4.78 is 6.35. The van der Waals surface area contributed by atoms with E-state index in [1.807, 2.05) is 6.07 Å². The summed E-state index contributed by atoms with van der Waals surface area (Å²) >= 11 is 16.3. The predicted octanol–water partition coefficient (Wildman–Crippen LogP) is 4.50. The van der Waals surface area contributed by atoms with Crippen LogP contribution in [-0.4, -0.2) is 10.1 Å². The number of aliphatic hydroxyl groups is 1. The minimum atomic E-state index is -0.159. The van der Waals surface area contributed by atoms with Gasteiger partial charge in [-0.3, -0.25) is 0 Å². The Balaban J connectivity index is 2.25. The van der Waals surface area contributed by atoms with Crippen molar-refractivity contribution in [2.24, 2.45) is 0 Å². The van der Waals surface area contributed by atoms with Gasteiger partial charge in [0.1, 0.15) is 10.9 Å². The highest BCUT2D eigenvalue weighted by Crippen LogP contribution is 2.35. The molecule has 0 radical (unpaired) electrons. The molecule has 1 heterocycles. The van der Waals surface area contributed by atoms with Crippen molar-refractivity contribution in [1.29, 1.82) is 0 Å². The Kier molecular flexibility index (Phi) is 4.27. The molecule has 90 valence electrons. The van der Waals surface area contributed by atoms with Crippen LogP contribution in [0.3, 0.4) is 0 Å². The van der Waals surface area contributed by atoms with Gasteiger partial charge >= 0.3 is 0 Å². The summed E-state index contributed by atoms with van der Waals surface area (Å²) in [5, 5.41) is 10.1. The molecule has 0 saturated heterocycles. The average Bonchev–Trinajstić information content (AvgIpc) is 2.63. The van der Waals surface area contributed by atoms with Gasteiger partial charge < -0.3 is 9.84 Å². The summed E-state index contributed by atoms with van der Waals surface area (Å²) in [6.45, 7) is -0.159. The molecule has 0 unspecified atom stereocenters. The van der Waals surface area contributed by atoms with Crippen LogP contribution in [0.5, 0.6) is 10.9 Å². The van der Waals surface area contributed by atoms with E-state index in [9.17, 15) is 0 Å². The maximum Gasteiger partial charge on any atom is 0.280 e. The van der Waals surface area contributed by atoms with E-state index in [4.69, 9.17) is 33.0 Å². The smallest absolute Gasteiger partial charge is 0.280 e. The van der Waals surface area contributed by atoms with E-state index in [0.29, 0.717) is 20.8 Å². The molecule has 0 fully saturated rings. The lowest BCUT2D eigenvalue weighted by atomic mass is 10.3. The van der Waals surface area contributed by atoms with Crippen molar-refractivity contribution < 1.29 is 9.84 Å². The van der Waals surface area contributed by atoms with Crippen molar-refractivity contribution in [3.8, 4) is 10.9 Å². The molecule has 17 heavy (non-hydrogen) atoms. The zero-order valence-corrected chi connectivity index (χ0v) is 12.2. The summed E-state index contributed by atoms with van der Waals surface area (Å²) in [6, 6.07) is 5.25. The molecule has 0 aliphatic rings. The van der Waals surface area contributed by atoms with Crippen molar-refractivity contribution >= 4 is 50.5 Å². The molecule has 0 bridgehead atoms. The number of benzene rings is 1. The lowest BCUT2D eigenvalue weighted by Gasteiger charge is -2.03. The summed E-state index contributed by atoms with van der Waals surface area (Å²) in [5.41, 5.74) is 0. The minimum absolute atomic E-state index is 0.159. The van der Waals surface area contributed by atoms with Crippen molar-refractivity contribution in [2.75, 3.05) is 0 Å². The number of aromatic nitrogens is 1. The van der Waals surface area contributed by atoms with Gasteiger partial charge in [0.15, 0.2) is 0 Å². The molecule has 1 aromatic carbocycles. The normalized spacial score (nSPS) is 10.6. The van der Waals surface area contributed by atoms with Crippen molar-refractivity contribution in [3.63, 3.8) is 0 Å². The molecular formula is C10H6BrCl2NO2S. The van der Waals surface area contributed by atoms with Crippen LogP contribution in [0.2, 0.25) is 10.2 Å². The summed E-state index contributed by atoms with van der Waals surface area (Å²) in [4.78, 5) is 4.54. The van der Waals surface area contributed by atoms with Crippen LogP contribution in [0.4, 0.5) is 0 Å². The highest BCUT2D eigenvalue weighted by atomic mass is 79.9. The maximum atomic E-state index is 8.99. The van der Waals surface area contributed by atoms with E-state index < -0.39 is 0 Å². The second kappa shape index (κ2) is 5.54. The molecule has 0 atom stereocenters. The van der Waals surface area contributed by atoms with Gasteiger partial charge in [0.05, 0.1) is 16.5 Å². The van der Waals surface area contributed by atoms with Crippen LogP contribution in [0.1, 0.15) is 4.88 Å². The summed E-state index contributed by atoms with van der Waals surface area (Å²) in [5.74, 6) is 0.491. The number of halogens is 3. The molecule has 0 aliphatic carbocycles. The van der Waals surface area contributed by atoms with Gasteiger partial charge in [-0.2, -0.15) is 4.98 Å². The standard InChI is InChI=1S/C10H6BrCl2NO2S/c11-5-1-2-7(6(12)3-5)16-10-14-9(13)8(4-15)17-10/h1-3,15H,4H2. The summed E-state index contributed by atoms with van der Waals surface area (Å²) in [6.07, 6.45) is 0. The van der Waals surface area contributed by atoms with Gasteiger partial charge in [0.25, 0.3) is 5.19 Å². The third-order valence-electron chi connectivity index (χ3n) is 1.86. The molecule has 0 spiro atoms. The second-order valence-corrected chi connectivity index (χ2v) is 5.76. The molecule has 1 aromatic heterocycles. The van der Waals surface area contributed by atoms with Crippen molar-refractivity contribution in [1.82, 2.24) is 4.98 Å². The first-order valence-electron chi connectivity index (χ1n) is 4.49. The van der Waals surface area contributed by atoms with Gasteiger partial charge in [-0.25, -0.2) is 0 Å². The van der Waals surface area contributed by atoms with Crippen LogP contribution in [0.15, 0.2) is 22.7 Å². The Morgan fingerprint density at radius 1 is 1.41 bits per heavy atom. The Labute approximate surface area is 120 Å². The largest absolute Gasteiger partial charge is 0.429 e. The van der Waals surface area contributed by atoms with E-state index in [-0.39, 0.29) is 11.8 Å². The number of ether oxygens (including phenoxy) is 1. The van der Waals surface area contributed by atoms with E-state index in [0.717, 1.165) is 4.47 Å². The lowest BCUT2D eigenvalue weighted by molar-refractivity contribution is 0.285. The van der Waals surface area contributed by atoms with Crippen LogP contribution in [-0.2, 0) is 6.61 Å². The molecule has 0 amide bonds. The molecule has 1 N–H and O–H groups in total. The first-order valence-corrected chi connectivity index (χ1v) is 6.85. The summed E-state index contributed by atoms with van der Waals surface area (Å²) in [7, 11) is 0. The second-order valence-electron chi connectivity index (χ2n) is 3.03. The third kappa shape index (κ3) is 3.11. The minimum Gasteiger partial charge on any atom is -0.429 e. The third-order valence-corrected chi connectivity index (χ3v) is 4.00. The Hall–Kier alpha value is -0.330. The SMILES string of the molecule is OCc1sc(Oc2ccc(Br)cc2Cl)nc1Cl. The van der Waals surface area contributed by atoms with Crippen LogP contribution >= 0.6 is 50.5 Å². The van der Waals surface area contributed by atoms with Crippen LogP contribution < -0.4 is 4.74 Å². The number of aliphatic hydroxyl groups excluding tert-OH is 1. The van der Waals surface area contributed by atoms with Gasteiger partial charge in [-0.15, -0.1) is 0 Å². The number of hydrogen-bond donors (Lipinski definition) is 1. The van der Waals surface area contributed by atoms with Gasteiger partial charge in [-0.1, -0.05) is 50.5 Å². The quantitative estimate of drug-likeness (QED) is 0.882. The predicted molar refractivity (Wildman–Crippen MR) is 72.3 cm³/mol. The number of rotatable bonds is 3. The molecule has 2 rings (SSSR count). The Morgan fingerprint density at radius 2 is 2.18 bits per heavy atom. The van der Waals surface area contributed by atoms with Gasteiger partial charge in [0.2, 0.25) is 0 Å². The molecule has 7 heteroatoms. The van der Waals surface area contributed by atoms with E-state index in [1.54, 1.807) is 12.1 Å². The van der Waals surface area contributed by atoms with E-state index >= 15 is 0 Å². The fraction of sp³-hybridized carbons (Fsp3) is 0.100. The highest BCUT2D eigenvalue weighted by molar-refractivity contribution is 9.10. The Bertz CT molecular complexity index is 547. The zero-order valence-electron chi connectivity index (χ0n) is 8.28. The molecule has 0 aliphatic heterocycles. The maximum absolute atomic E-state index is 8.99. The first kappa shape index (κ1) is 13.1. The van der Waals surface area contributed by atoms with E-state index in [1.165, 1.54) is 11.3 Å². The molecule has 3 nitrogen and oxygen atoms in total. The number of nitrogens with zero attached hydrogens (tertiary/aromatic N) is 1. The average molecular weight is 355 g/mol. The highest BCUT2D eigenvalue weighted by Gasteiger charge is 2.11. The van der Waals surface area contributed by atoms with Crippen molar-refractivity contribution in [3.05, 3.63) is 37.7 Å². The van der Waals surface area contributed by atoms with Crippen molar-refractivity contribution in [2.45, 2.75) is 6.61 Å². The monoisotopic (exact) mass is 353 g/mol. The fourth-order valence-electron chi connectivity index (χ4n) is 1.11. The van der Waals surface area contributed by atoms with Gasteiger partial charge in [-0.05, 0) is 18.2 Å².